The predicted molar refractivity (Wildman–Crippen MR) is 80.9 cm³/mol. The maximum absolute atomic E-state index is 9.75. The van der Waals surface area contributed by atoms with Gasteiger partial charge in [-0.1, -0.05) is 12.1 Å². The van der Waals surface area contributed by atoms with Crippen LogP contribution in [-0.4, -0.2) is 31.4 Å². The number of phenolic OH excluding ortho intramolecular Hbond substituents is 1. The maximum Gasteiger partial charge on any atom is 0.223 e. The highest BCUT2D eigenvalue weighted by Crippen LogP contribution is 2.28. The van der Waals surface area contributed by atoms with E-state index in [1.165, 1.54) is 7.11 Å². The van der Waals surface area contributed by atoms with Gasteiger partial charge in [-0.25, -0.2) is 0 Å². The summed E-state index contributed by atoms with van der Waals surface area (Å²) in [6.07, 6.45) is 3.71. The third-order valence-electron chi connectivity index (χ3n) is 2.92. The topological polar surface area (TPSA) is 60.8 Å². The molecule has 21 heavy (non-hydrogen) atoms. The van der Waals surface area contributed by atoms with Crippen molar-refractivity contribution in [2.24, 2.45) is 0 Å². The molecule has 0 atom stereocenters. The summed E-state index contributed by atoms with van der Waals surface area (Å²) in [7, 11) is 4.62. The fraction of sp³-hybridized carbons (Fsp3) is 0.188. The summed E-state index contributed by atoms with van der Waals surface area (Å²) in [4.78, 5) is 4.20. The Morgan fingerprint density at radius 2 is 1.76 bits per heavy atom. The van der Waals surface area contributed by atoms with E-state index in [0.29, 0.717) is 17.5 Å². The third-order valence-corrected chi connectivity index (χ3v) is 2.92. The van der Waals surface area contributed by atoms with E-state index in [4.69, 9.17) is 14.2 Å². The van der Waals surface area contributed by atoms with Crippen molar-refractivity contribution >= 4 is 12.2 Å². The zero-order chi connectivity index (χ0) is 15.2. The van der Waals surface area contributed by atoms with E-state index >= 15 is 0 Å². The molecule has 2 rings (SSSR count). The van der Waals surface area contributed by atoms with Crippen LogP contribution in [0.25, 0.3) is 12.2 Å². The van der Waals surface area contributed by atoms with Gasteiger partial charge >= 0.3 is 0 Å². The van der Waals surface area contributed by atoms with E-state index in [1.54, 1.807) is 32.4 Å². The van der Waals surface area contributed by atoms with Crippen LogP contribution in [0.1, 0.15) is 11.1 Å². The Morgan fingerprint density at radius 1 is 0.952 bits per heavy atom. The molecule has 1 heterocycles. The zero-order valence-corrected chi connectivity index (χ0v) is 12.2. The molecule has 0 fully saturated rings. The largest absolute Gasteiger partial charge is 0.504 e. The van der Waals surface area contributed by atoms with E-state index < -0.39 is 0 Å². The zero-order valence-electron chi connectivity index (χ0n) is 12.2. The summed E-state index contributed by atoms with van der Waals surface area (Å²) in [6.45, 7) is 0. The van der Waals surface area contributed by atoms with Crippen molar-refractivity contribution in [1.29, 1.82) is 0 Å². The Labute approximate surface area is 123 Å². The van der Waals surface area contributed by atoms with Crippen LogP contribution in [0.3, 0.4) is 0 Å². The molecule has 0 aliphatic rings. The van der Waals surface area contributed by atoms with Crippen molar-refractivity contribution in [3.63, 3.8) is 0 Å². The molecule has 0 aliphatic carbocycles. The number of rotatable bonds is 5. The molecule has 0 amide bonds. The van der Waals surface area contributed by atoms with Crippen molar-refractivity contribution in [1.82, 2.24) is 4.98 Å². The van der Waals surface area contributed by atoms with Gasteiger partial charge < -0.3 is 19.3 Å². The number of hydrogen-bond acceptors (Lipinski definition) is 5. The maximum atomic E-state index is 9.75. The van der Waals surface area contributed by atoms with Crippen LogP contribution in [0.4, 0.5) is 0 Å². The monoisotopic (exact) mass is 287 g/mol. The number of pyridine rings is 1. The smallest absolute Gasteiger partial charge is 0.223 e. The number of aromatic hydroxyl groups is 1. The standard InChI is InChI=1S/C16H17NO4/c1-19-14-8-5-11(10-13(14)18)4-6-12-7-9-15(20-2)17-16(12)21-3/h4-10,18H,1-3H3/b6-4+. The Kier molecular flexibility index (Phi) is 4.66. The second kappa shape index (κ2) is 6.65. The molecule has 1 aromatic heterocycles. The summed E-state index contributed by atoms with van der Waals surface area (Å²) in [5.41, 5.74) is 1.65. The summed E-state index contributed by atoms with van der Waals surface area (Å²) < 4.78 is 15.3. The van der Waals surface area contributed by atoms with E-state index in [1.807, 2.05) is 24.3 Å². The van der Waals surface area contributed by atoms with Gasteiger partial charge in [0.05, 0.1) is 21.3 Å². The lowest BCUT2D eigenvalue weighted by molar-refractivity contribution is 0.364. The summed E-state index contributed by atoms with van der Waals surface area (Å²) in [5.74, 6) is 1.50. The SMILES string of the molecule is COc1ccc(/C=C/c2ccc(OC)c(O)c2)c(OC)n1. The highest BCUT2D eigenvalue weighted by Gasteiger charge is 2.04. The Bertz CT molecular complexity index is 653. The van der Waals surface area contributed by atoms with Crippen LogP contribution in [0.2, 0.25) is 0 Å². The van der Waals surface area contributed by atoms with Crippen LogP contribution in [-0.2, 0) is 0 Å². The van der Waals surface area contributed by atoms with Crippen molar-refractivity contribution in [3.8, 4) is 23.3 Å². The molecule has 0 radical (unpaired) electrons. The van der Waals surface area contributed by atoms with Gasteiger partial charge in [-0.15, -0.1) is 0 Å². The Hall–Kier alpha value is -2.69. The van der Waals surface area contributed by atoms with Crippen LogP contribution in [0, 0.1) is 0 Å². The molecule has 1 aromatic carbocycles. The van der Waals surface area contributed by atoms with E-state index in [2.05, 4.69) is 4.98 Å². The number of aromatic nitrogens is 1. The molecule has 0 spiro atoms. The summed E-state index contributed by atoms with van der Waals surface area (Å²) in [5, 5.41) is 9.75. The second-order valence-corrected chi connectivity index (χ2v) is 4.22. The second-order valence-electron chi connectivity index (χ2n) is 4.22. The molecule has 0 unspecified atom stereocenters. The first kappa shape index (κ1) is 14.7. The van der Waals surface area contributed by atoms with Crippen molar-refractivity contribution in [2.75, 3.05) is 21.3 Å². The number of phenols is 1. The average Bonchev–Trinajstić information content (AvgIpc) is 2.52. The van der Waals surface area contributed by atoms with Gasteiger partial charge in [0.15, 0.2) is 11.5 Å². The molecule has 0 saturated carbocycles. The number of ether oxygens (including phenoxy) is 3. The molecule has 0 bridgehead atoms. The average molecular weight is 287 g/mol. The number of nitrogens with zero attached hydrogens (tertiary/aromatic N) is 1. The molecule has 0 saturated heterocycles. The molecule has 0 aliphatic heterocycles. The van der Waals surface area contributed by atoms with Gasteiger partial charge in [0.1, 0.15) is 0 Å². The van der Waals surface area contributed by atoms with Gasteiger partial charge in [0, 0.05) is 11.6 Å². The lowest BCUT2D eigenvalue weighted by Crippen LogP contribution is -1.94. The van der Waals surface area contributed by atoms with Crippen LogP contribution >= 0.6 is 0 Å². The molecule has 2 aromatic rings. The third kappa shape index (κ3) is 3.45. The van der Waals surface area contributed by atoms with E-state index in [-0.39, 0.29) is 5.75 Å². The summed E-state index contributed by atoms with van der Waals surface area (Å²) >= 11 is 0. The molecule has 5 heteroatoms. The normalized spacial score (nSPS) is 10.6. The number of hydrogen-bond donors (Lipinski definition) is 1. The van der Waals surface area contributed by atoms with Crippen LogP contribution < -0.4 is 14.2 Å². The molecule has 5 nitrogen and oxygen atoms in total. The van der Waals surface area contributed by atoms with E-state index in [9.17, 15) is 5.11 Å². The van der Waals surface area contributed by atoms with E-state index in [0.717, 1.165) is 11.1 Å². The Morgan fingerprint density at radius 3 is 2.38 bits per heavy atom. The van der Waals surface area contributed by atoms with Crippen molar-refractivity contribution in [3.05, 3.63) is 41.5 Å². The fourth-order valence-electron chi connectivity index (χ4n) is 1.83. The van der Waals surface area contributed by atoms with Crippen molar-refractivity contribution < 1.29 is 19.3 Å². The van der Waals surface area contributed by atoms with Crippen LogP contribution in [0.5, 0.6) is 23.3 Å². The molecule has 110 valence electrons. The number of methoxy groups -OCH3 is 3. The van der Waals surface area contributed by atoms with Crippen molar-refractivity contribution in [2.45, 2.75) is 0 Å². The quantitative estimate of drug-likeness (QED) is 0.916. The minimum atomic E-state index is 0.0967. The molecular formula is C16H17NO4. The van der Waals surface area contributed by atoms with Gasteiger partial charge in [0.2, 0.25) is 11.8 Å². The van der Waals surface area contributed by atoms with Gasteiger partial charge in [-0.3, -0.25) is 0 Å². The number of benzene rings is 1. The Balaban J connectivity index is 2.26. The highest BCUT2D eigenvalue weighted by atomic mass is 16.5. The first-order valence-corrected chi connectivity index (χ1v) is 6.32. The minimum absolute atomic E-state index is 0.0967. The van der Waals surface area contributed by atoms with Gasteiger partial charge in [-0.05, 0) is 29.8 Å². The minimum Gasteiger partial charge on any atom is -0.504 e. The lowest BCUT2D eigenvalue weighted by atomic mass is 10.1. The first-order valence-electron chi connectivity index (χ1n) is 6.32. The van der Waals surface area contributed by atoms with Crippen LogP contribution in [0.15, 0.2) is 30.3 Å². The van der Waals surface area contributed by atoms with Gasteiger partial charge in [-0.2, -0.15) is 4.98 Å². The lowest BCUT2D eigenvalue weighted by Gasteiger charge is -2.06. The molecular weight excluding hydrogens is 270 g/mol. The van der Waals surface area contributed by atoms with Gasteiger partial charge in [0.25, 0.3) is 0 Å². The fourth-order valence-corrected chi connectivity index (χ4v) is 1.83. The molecule has 1 N–H and O–H groups in total. The highest BCUT2D eigenvalue weighted by molar-refractivity contribution is 5.72. The summed E-state index contributed by atoms with van der Waals surface area (Å²) in [6, 6.07) is 8.79. The first-order chi connectivity index (χ1) is 10.2. The predicted octanol–water partition coefficient (Wildman–Crippen LogP) is 2.98.